The maximum Gasteiger partial charge on any atom is 0.122 e. The third-order valence-electron chi connectivity index (χ3n) is 4.37. The lowest BCUT2D eigenvalue weighted by molar-refractivity contribution is 0.309. The van der Waals surface area contributed by atoms with E-state index >= 15 is 0 Å². The molecule has 3 nitrogen and oxygen atoms in total. The zero-order valence-electron chi connectivity index (χ0n) is 15.8. The van der Waals surface area contributed by atoms with E-state index in [0.717, 1.165) is 49.6 Å². The molecule has 2 aromatic rings. The predicted molar refractivity (Wildman–Crippen MR) is 106 cm³/mol. The van der Waals surface area contributed by atoms with E-state index in [2.05, 4.69) is 44.3 Å². The van der Waals surface area contributed by atoms with Crippen LogP contribution in [0.3, 0.4) is 0 Å². The van der Waals surface area contributed by atoms with Gasteiger partial charge < -0.3 is 14.8 Å². The second kappa shape index (κ2) is 10.7. The van der Waals surface area contributed by atoms with Crippen molar-refractivity contribution in [3.05, 3.63) is 54.1 Å². The van der Waals surface area contributed by atoms with Gasteiger partial charge in [-0.1, -0.05) is 45.4 Å². The van der Waals surface area contributed by atoms with Crippen molar-refractivity contribution in [2.75, 3.05) is 25.1 Å². The molecule has 0 amide bonds. The summed E-state index contributed by atoms with van der Waals surface area (Å²) in [7, 11) is 0. The Morgan fingerprint density at radius 1 is 0.920 bits per heavy atom. The Morgan fingerprint density at radius 3 is 2.40 bits per heavy atom. The summed E-state index contributed by atoms with van der Waals surface area (Å²) in [6.45, 7) is 8.81. The van der Waals surface area contributed by atoms with Gasteiger partial charge in [0.2, 0.25) is 0 Å². The van der Waals surface area contributed by atoms with Crippen molar-refractivity contribution in [2.24, 2.45) is 0 Å². The quantitative estimate of drug-likeness (QED) is 0.518. The third-order valence-corrected chi connectivity index (χ3v) is 4.37. The van der Waals surface area contributed by atoms with Crippen LogP contribution >= 0.6 is 0 Å². The van der Waals surface area contributed by atoms with Crippen LogP contribution in [0.5, 0.6) is 11.5 Å². The van der Waals surface area contributed by atoms with Crippen LogP contribution < -0.4 is 14.8 Å². The molecule has 1 atom stereocenters. The summed E-state index contributed by atoms with van der Waals surface area (Å²) in [6.07, 6.45) is 3.36. The molecular weight excluding hydrogens is 310 g/mol. The molecule has 0 spiro atoms. The Labute approximate surface area is 152 Å². The van der Waals surface area contributed by atoms with Gasteiger partial charge in [-0.15, -0.1) is 0 Å². The molecule has 2 rings (SSSR count). The highest BCUT2D eigenvalue weighted by Crippen LogP contribution is 2.28. The van der Waals surface area contributed by atoms with Crippen molar-refractivity contribution in [1.82, 2.24) is 0 Å². The summed E-state index contributed by atoms with van der Waals surface area (Å²) in [6, 6.07) is 16.5. The van der Waals surface area contributed by atoms with Crippen molar-refractivity contribution < 1.29 is 9.47 Å². The number of ether oxygens (including phenoxy) is 2. The lowest BCUT2D eigenvalue weighted by atomic mass is 9.98. The summed E-state index contributed by atoms with van der Waals surface area (Å²) in [5.41, 5.74) is 2.38. The van der Waals surface area contributed by atoms with E-state index in [4.69, 9.17) is 9.47 Å². The molecule has 1 unspecified atom stereocenters. The monoisotopic (exact) mass is 341 g/mol. The van der Waals surface area contributed by atoms with Gasteiger partial charge in [0.15, 0.2) is 0 Å². The van der Waals surface area contributed by atoms with E-state index in [1.54, 1.807) is 0 Å². The molecule has 0 radical (unpaired) electrons. The van der Waals surface area contributed by atoms with Gasteiger partial charge >= 0.3 is 0 Å². The number of benzene rings is 2. The molecule has 0 bridgehead atoms. The first kappa shape index (κ1) is 19.2. The number of anilines is 1. The van der Waals surface area contributed by atoms with Crippen LogP contribution in [0.4, 0.5) is 5.69 Å². The Bertz CT molecular complexity index is 610. The molecule has 0 aliphatic heterocycles. The second-order valence-electron chi connectivity index (χ2n) is 6.35. The fourth-order valence-corrected chi connectivity index (χ4v) is 2.60. The molecule has 0 fully saturated rings. The Morgan fingerprint density at radius 2 is 1.68 bits per heavy atom. The first-order valence-corrected chi connectivity index (χ1v) is 9.43. The van der Waals surface area contributed by atoms with Crippen LogP contribution in [0.15, 0.2) is 48.5 Å². The van der Waals surface area contributed by atoms with Crippen LogP contribution in [0, 0.1) is 0 Å². The molecule has 0 saturated heterocycles. The van der Waals surface area contributed by atoms with Crippen molar-refractivity contribution >= 4 is 5.69 Å². The molecule has 0 aliphatic rings. The van der Waals surface area contributed by atoms with Crippen molar-refractivity contribution in [3.63, 3.8) is 0 Å². The smallest absolute Gasteiger partial charge is 0.122 e. The topological polar surface area (TPSA) is 30.5 Å². The van der Waals surface area contributed by atoms with E-state index < -0.39 is 0 Å². The highest BCUT2D eigenvalue weighted by Gasteiger charge is 2.09. The van der Waals surface area contributed by atoms with Crippen molar-refractivity contribution in [3.8, 4) is 11.5 Å². The molecule has 2 aromatic carbocycles. The number of hydrogen-bond acceptors (Lipinski definition) is 3. The Balaban J connectivity index is 1.76. The minimum Gasteiger partial charge on any atom is -0.494 e. The summed E-state index contributed by atoms with van der Waals surface area (Å²) in [4.78, 5) is 0. The summed E-state index contributed by atoms with van der Waals surface area (Å²) < 4.78 is 11.7. The van der Waals surface area contributed by atoms with Gasteiger partial charge in [0.1, 0.15) is 18.1 Å². The van der Waals surface area contributed by atoms with Crippen molar-refractivity contribution in [2.45, 2.75) is 46.0 Å². The van der Waals surface area contributed by atoms with E-state index in [9.17, 15) is 0 Å². The highest BCUT2D eigenvalue weighted by molar-refractivity contribution is 5.46. The lowest BCUT2D eigenvalue weighted by Gasteiger charge is -2.16. The normalized spacial score (nSPS) is 11.8. The molecule has 0 aliphatic carbocycles. The molecule has 3 heteroatoms. The highest BCUT2D eigenvalue weighted by atomic mass is 16.5. The summed E-state index contributed by atoms with van der Waals surface area (Å²) in [5, 5.41) is 3.39. The first-order chi connectivity index (χ1) is 12.2. The molecule has 136 valence electrons. The molecule has 25 heavy (non-hydrogen) atoms. The van der Waals surface area contributed by atoms with E-state index in [0.29, 0.717) is 12.5 Å². The van der Waals surface area contributed by atoms with Crippen molar-refractivity contribution in [1.29, 1.82) is 0 Å². The number of para-hydroxylation sites is 1. The van der Waals surface area contributed by atoms with E-state index in [1.165, 1.54) is 5.56 Å². The molecule has 0 aromatic heterocycles. The zero-order chi connectivity index (χ0) is 17.9. The van der Waals surface area contributed by atoms with Gasteiger partial charge in [0.25, 0.3) is 0 Å². The van der Waals surface area contributed by atoms with Crippen LogP contribution in [-0.2, 0) is 0 Å². The number of rotatable bonds is 11. The first-order valence-electron chi connectivity index (χ1n) is 9.43. The Kier molecular flexibility index (Phi) is 8.17. The van der Waals surface area contributed by atoms with Gasteiger partial charge in [0, 0.05) is 12.2 Å². The van der Waals surface area contributed by atoms with E-state index in [1.807, 2.05) is 30.3 Å². The van der Waals surface area contributed by atoms with Gasteiger partial charge in [-0.3, -0.25) is 0 Å². The largest absolute Gasteiger partial charge is 0.494 e. The average molecular weight is 341 g/mol. The van der Waals surface area contributed by atoms with Crippen LogP contribution in [-0.4, -0.2) is 19.8 Å². The minimum atomic E-state index is 0.518. The number of nitrogens with one attached hydrogen (secondary N) is 1. The van der Waals surface area contributed by atoms with Gasteiger partial charge in [-0.25, -0.2) is 0 Å². The molecule has 0 heterocycles. The molecular formula is C22H31NO2. The van der Waals surface area contributed by atoms with Crippen LogP contribution in [0.1, 0.15) is 51.5 Å². The standard InChI is InChI=1S/C22H31NO2/c1-4-6-16-24-20-13-11-19(12-14-20)23-15-17-25-22-10-8-7-9-21(22)18(3)5-2/h7-14,18,23H,4-6,15-17H2,1-3H3. The third kappa shape index (κ3) is 6.33. The fraction of sp³-hybridized carbons (Fsp3) is 0.455. The lowest BCUT2D eigenvalue weighted by Crippen LogP contribution is -2.12. The van der Waals surface area contributed by atoms with Gasteiger partial charge in [-0.05, 0) is 54.7 Å². The minimum absolute atomic E-state index is 0.518. The average Bonchev–Trinajstić information content (AvgIpc) is 2.66. The second-order valence-corrected chi connectivity index (χ2v) is 6.35. The van der Waals surface area contributed by atoms with E-state index in [-0.39, 0.29) is 0 Å². The fourth-order valence-electron chi connectivity index (χ4n) is 2.60. The van der Waals surface area contributed by atoms with Gasteiger partial charge in [0.05, 0.1) is 6.61 Å². The van der Waals surface area contributed by atoms with Gasteiger partial charge in [-0.2, -0.15) is 0 Å². The summed E-state index contributed by atoms with van der Waals surface area (Å²) >= 11 is 0. The molecule has 0 saturated carbocycles. The molecule has 1 N–H and O–H groups in total. The van der Waals surface area contributed by atoms with Crippen LogP contribution in [0.25, 0.3) is 0 Å². The van der Waals surface area contributed by atoms with Crippen LogP contribution in [0.2, 0.25) is 0 Å². The maximum atomic E-state index is 5.98. The number of hydrogen-bond donors (Lipinski definition) is 1. The SMILES string of the molecule is CCCCOc1ccc(NCCOc2ccccc2C(C)CC)cc1. The number of unbranched alkanes of at least 4 members (excludes halogenated alkanes) is 1. The zero-order valence-corrected chi connectivity index (χ0v) is 15.8. The Hall–Kier alpha value is -2.16. The summed E-state index contributed by atoms with van der Waals surface area (Å²) in [5.74, 6) is 2.44. The predicted octanol–water partition coefficient (Wildman–Crippen LogP) is 5.87. The maximum absolute atomic E-state index is 5.98.